The number of anilines is 1. The molecular formula is C20H26N3O2S+. The van der Waals surface area contributed by atoms with Crippen LogP contribution >= 0.6 is 12.2 Å². The summed E-state index contributed by atoms with van der Waals surface area (Å²) in [5.74, 6) is 0.933. The maximum Gasteiger partial charge on any atom is 0.221 e. The Labute approximate surface area is 159 Å². The van der Waals surface area contributed by atoms with E-state index in [2.05, 4.69) is 16.7 Å². The second-order valence-electron chi connectivity index (χ2n) is 6.76. The Balaban J connectivity index is 1.62. The highest BCUT2D eigenvalue weighted by molar-refractivity contribution is 7.80. The number of benzene rings is 1. The zero-order valence-corrected chi connectivity index (χ0v) is 15.9. The summed E-state index contributed by atoms with van der Waals surface area (Å²) in [5.41, 5.74) is 1.72. The van der Waals surface area contributed by atoms with Gasteiger partial charge in [0.2, 0.25) is 5.91 Å². The molecule has 1 aromatic heterocycles. The highest BCUT2D eigenvalue weighted by Crippen LogP contribution is 2.13. The lowest BCUT2D eigenvalue weighted by Crippen LogP contribution is -3.13. The highest BCUT2D eigenvalue weighted by atomic mass is 32.1. The summed E-state index contributed by atoms with van der Waals surface area (Å²) in [7, 11) is 0. The van der Waals surface area contributed by atoms with Gasteiger partial charge in [0.15, 0.2) is 11.8 Å². The number of furan rings is 1. The number of quaternary nitrogens is 1. The molecule has 5 nitrogen and oxygen atoms in total. The topological polar surface area (TPSA) is 58.7 Å². The fourth-order valence-corrected chi connectivity index (χ4v) is 3.71. The van der Waals surface area contributed by atoms with Crippen LogP contribution in [-0.2, 0) is 4.79 Å². The van der Waals surface area contributed by atoms with Crippen molar-refractivity contribution in [2.45, 2.75) is 32.2 Å². The van der Waals surface area contributed by atoms with Crippen LogP contribution in [0, 0.1) is 0 Å². The van der Waals surface area contributed by atoms with Gasteiger partial charge >= 0.3 is 0 Å². The number of carbonyl (C=O) groups excluding carboxylic acids is 1. The molecule has 3 N–H and O–H groups in total. The van der Waals surface area contributed by atoms with Gasteiger partial charge in [-0.3, -0.25) is 4.79 Å². The van der Waals surface area contributed by atoms with Crippen molar-refractivity contribution in [2.75, 3.05) is 25.0 Å². The third kappa shape index (κ3) is 4.93. The molecule has 138 valence electrons. The van der Waals surface area contributed by atoms with E-state index in [1.165, 1.54) is 39.3 Å². The fraction of sp³-hybridized carbons (Fsp3) is 0.400. The van der Waals surface area contributed by atoms with Gasteiger partial charge in [0.1, 0.15) is 4.99 Å². The molecule has 1 aliphatic rings. The van der Waals surface area contributed by atoms with Crippen molar-refractivity contribution < 1.29 is 14.1 Å². The minimum absolute atomic E-state index is 0.0794. The molecular weight excluding hydrogens is 346 g/mol. The maximum absolute atomic E-state index is 11.1. The Bertz CT molecular complexity index is 722. The second-order valence-corrected chi connectivity index (χ2v) is 7.16. The third-order valence-electron chi connectivity index (χ3n) is 4.81. The zero-order valence-electron chi connectivity index (χ0n) is 15.1. The highest BCUT2D eigenvalue weighted by Gasteiger charge is 2.28. The molecule has 1 aliphatic heterocycles. The number of amides is 1. The van der Waals surface area contributed by atoms with Crippen LogP contribution in [0.15, 0.2) is 47.1 Å². The van der Waals surface area contributed by atoms with Gasteiger partial charge in [-0.05, 0) is 55.7 Å². The summed E-state index contributed by atoms with van der Waals surface area (Å²) in [5, 5.41) is 6.17. The number of rotatable bonds is 6. The van der Waals surface area contributed by atoms with Crippen LogP contribution in [0.3, 0.4) is 0 Å². The Kier molecular flexibility index (Phi) is 6.41. The Morgan fingerprint density at radius 1 is 1.19 bits per heavy atom. The maximum atomic E-state index is 11.1. The molecule has 1 aromatic carbocycles. The minimum atomic E-state index is -0.0794. The van der Waals surface area contributed by atoms with E-state index in [1.807, 2.05) is 30.3 Å². The Morgan fingerprint density at radius 3 is 2.54 bits per heavy atom. The lowest BCUT2D eigenvalue weighted by atomic mass is 10.1. The molecule has 1 amide bonds. The zero-order chi connectivity index (χ0) is 18.4. The molecule has 2 heterocycles. The Morgan fingerprint density at radius 2 is 1.92 bits per heavy atom. The van der Waals surface area contributed by atoms with Crippen LogP contribution in [0.4, 0.5) is 5.69 Å². The first kappa shape index (κ1) is 18.6. The molecule has 1 saturated heterocycles. The van der Waals surface area contributed by atoms with Crippen molar-refractivity contribution in [2.24, 2.45) is 0 Å². The first-order valence-corrected chi connectivity index (χ1v) is 9.58. The van der Waals surface area contributed by atoms with Gasteiger partial charge in [-0.1, -0.05) is 12.2 Å². The normalized spacial score (nSPS) is 16.0. The van der Waals surface area contributed by atoms with Gasteiger partial charge in [-0.25, -0.2) is 0 Å². The van der Waals surface area contributed by atoms with Crippen LogP contribution < -0.4 is 15.5 Å². The monoisotopic (exact) mass is 372 g/mol. The molecule has 1 fully saturated rings. The van der Waals surface area contributed by atoms with E-state index in [1.54, 1.807) is 11.2 Å². The number of thiocarbonyl (C=S) groups is 1. The SMILES string of the molecule is CC(=O)Nc1ccc(C(=S)NC[C@@H](c2ccco2)[NH+]2CCCCC2)cc1. The van der Waals surface area contributed by atoms with Crippen molar-refractivity contribution in [1.82, 2.24) is 5.32 Å². The third-order valence-corrected chi connectivity index (χ3v) is 5.19. The fourth-order valence-electron chi connectivity index (χ4n) is 3.50. The average molecular weight is 373 g/mol. The largest absolute Gasteiger partial charge is 0.463 e. The molecule has 2 aromatic rings. The summed E-state index contributed by atoms with van der Waals surface area (Å²) in [6, 6.07) is 11.9. The van der Waals surface area contributed by atoms with Gasteiger partial charge < -0.3 is 20.0 Å². The molecule has 0 spiro atoms. The summed E-state index contributed by atoms with van der Waals surface area (Å²) in [4.78, 5) is 13.4. The molecule has 0 radical (unpaired) electrons. The molecule has 26 heavy (non-hydrogen) atoms. The molecule has 6 heteroatoms. The quantitative estimate of drug-likeness (QED) is 0.681. The molecule has 1 atom stereocenters. The lowest BCUT2D eigenvalue weighted by molar-refractivity contribution is -0.936. The number of hydrogen-bond acceptors (Lipinski definition) is 3. The van der Waals surface area contributed by atoms with E-state index in [4.69, 9.17) is 16.6 Å². The summed E-state index contributed by atoms with van der Waals surface area (Å²) < 4.78 is 5.70. The van der Waals surface area contributed by atoms with Crippen molar-refractivity contribution in [1.29, 1.82) is 0 Å². The van der Waals surface area contributed by atoms with Gasteiger partial charge in [-0.2, -0.15) is 0 Å². The summed E-state index contributed by atoms with van der Waals surface area (Å²) in [6.45, 7) is 4.59. The van der Waals surface area contributed by atoms with E-state index >= 15 is 0 Å². The number of likely N-dealkylation sites (tertiary alicyclic amines) is 1. The van der Waals surface area contributed by atoms with Crippen molar-refractivity contribution in [3.05, 3.63) is 54.0 Å². The van der Waals surface area contributed by atoms with E-state index in [0.717, 1.165) is 23.6 Å². The standard InChI is InChI=1S/C20H25N3O2S/c1-15(24)22-17-9-7-16(8-10-17)20(26)21-14-18(19-6-5-13-25-19)23-11-3-2-4-12-23/h5-10,13,18H,2-4,11-12,14H2,1H3,(H,21,26)(H,22,24)/p+1/t18-/m0/s1. The number of piperidine rings is 1. The number of nitrogens with one attached hydrogen (secondary N) is 3. The molecule has 3 rings (SSSR count). The predicted octanol–water partition coefficient (Wildman–Crippen LogP) is 2.31. The van der Waals surface area contributed by atoms with Crippen LogP contribution in [0.5, 0.6) is 0 Å². The van der Waals surface area contributed by atoms with Crippen molar-refractivity contribution >= 4 is 28.8 Å². The summed E-state index contributed by atoms with van der Waals surface area (Å²) >= 11 is 5.56. The van der Waals surface area contributed by atoms with Crippen LogP contribution in [0.1, 0.15) is 43.6 Å². The van der Waals surface area contributed by atoms with Crippen LogP contribution in [0.2, 0.25) is 0 Å². The average Bonchev–Trinajstić information content (AvgIpc) is 3.17. The lowest BCUT2D eigenvalue weighted by Gasteiger charge is -2.30. The van der Waals surface area contributed by atoms with E-state index < -0.39 is 0 Å². The number of carbonyl (C=O) groups is 1. The molecule has 0 aliphatic carbocycles. The van der Waals surface area contributed by atoms with Gasteiger partial charge in [0.05, 0.1) is 25.9 Å². The molecule has 0 bridgehead atoms. The van der Waals surface area contributed by atoms with Gasteiger partial charge in [-0.15, -0.1) is 0 Å². The minimum Gasteiger partial charge on any atom is -0.463 e. The van der Waals surface area contributed by atoms with E-state index in [0.29, 0.717) is 4.99 Å². The predicted molar refractivity (Wildman–Crippen MR) is 106 cm³/mol. The van der Waals surface area contributed by atoms with Crippen molar-refractivity contribution in [3.63, 3.8) is 0 Å². The molecule has 0 unspecified atom stereocenters. The first-order valence-electron chi connectivity index (χ1n) is 9.17. The van der Waals surface area contributed by atoms with Crippen LogP contribution in [0.25, 0.3) is 0 Å². The van der Waals surface area contributed by atoms with Gasteiger partial charge in [0, 0.05) is 18.2 Å². The number of hydrogen-bond donors (Lipinski definition) is 3. The van der Waals surface area contributed by atoms with E-state index in [9.17, 15) is 4.79 Å². The van der Waals surface area contributed by atoms with Crippen LogP contribution in [-0.4, -0.2) is 30.5 Å². The van der Waals surface area contributed by atoms with Gasteiger partial charge in [0.25, 0.3) is 0 Å². The van der Waals surface area contributed by atoms with Crippen molar-refractivity contribution in [3.8, 4) is 0 Å². The molecule has 0 saturated carbocycles. The second kappa shape index (κ2) is 8.96. The smallest absolute Gasteiger partial charge is 0.221 e. The Hall–Kier alpha value is -2.18. The summed E-state index contributed by atoms with van der Waals surface area (Å²) in [6.07, 6.45) is 5.59. The van der Waals surface area contributed by atoms with E-state index in [-0.39, 0.29) is 11.9 Å². The first-order chi connectivity index (χ1) is 12.6.